The summed E-state index contributed by atoms with van der Waals surface area (Å²) in [4.78, 5) is 4.22. The molecule has 1 N–H and O–H groups in total. The molecule has 0 aliphatic carbocycles. The molecule has 3 nitrogen and oxygen atoms in total. The van der Waals surface area contributed by atoms with Crippen LogP contribution < -0.4 is 10.1 Å². The van der Waals surface area contributed by atoms with Crippen molar-refractivity contribution in [3.05, 3.63) is 36.0 Å². The third-order valence-electron chi connectivity index (χ3n) is 3.48. The zero-order valence-electron chi connectivity index (χ0n) is 9.94. The monoisotopic (exact) mass is 228 g/mol. The normalized spacial score (nSPS) is 19.7. The Morgan fingerprint density at radius 1 is 1.35 bits per heavy atom. The summed E-state index contributed by atoms with van der Waals surface area (Å²) in [6.07, 6.45) is 3.03. The van der Waals surface area contributed by atoms with Gasteiger partial charge in [-0.25, -0.2) is 4.98 Å². The maximum absolute atomic E-state index is 5.27. The first-order chi connectivity index (χ1) is 8.38. The fourth-order valence-electron chi connectivity index (χ4n) is 2.52. The van der Waals surface area contributed by atoms with Gasteiger partial charge < -0.3 is 10.1 Å². The Morgan fingerprint density at radius 2 is 2.29 bits per heavy atom. The minimum atomic E-state index is 0.651. The van der Waals surface area contributed by atoms with Crippen LogP contribution in [0.25, 0.3) is 10.8 Å². The number of nitrogens with zero attached hydrogens (tertiary/aromatic N) is 1. The van der Waals surface area contributed by atoms with Crippen LogP contribution in [0.4, 0.5) is 0 Å². The second-order valence-electron chi connectivity index (χ2n) is 4.49. The van der Waals surface area contributed by atoms with Crippen LogP contribution in [0.5, 0.6) is 5.88 Å². The highest BCUT2D eigenvalue weighted by atomic mass is 16.5. The quantitative estimate of drug-likeness (QED) is 0.856. The van der Waals surface area contributed by atoms with Crippen molar-refractivity contribution in [3.8, 4) is 5.88 Å². The van der Waals surface area contributed by atoms with Crippen molar-refractivity contribution in [2.75, 3.05) is 20.2 Å². The molecule has 1 unspecified atom stereocenters. The van der Waals surface area contributed by atoms with E-state index < -0.39 is 0 Å². The Hall–Kier alpha value is -1.61. The van der Waals surface area contributed by atoms with Gasteiger partial charge in [-0.05, 0) is 42.0 Å². The molecule has 1 aromatic carbocycles. The zero-order chi connectivity index (χ0) is 11.7. The van der Waals surface area contributed by atoms with Crippen molar-refractivity contribution in [1.29, 1.82) is 0 Å². The van der Waals surface area contributed by atoms with Gasteiger partial charge in [-0.2, -0.15) is 0 Å². The predicted molar refractivity (Wildman–Crippen MR) is 68.5 cm³/mol. The number of hydrogen-bond acceptors (Lipinski definition) is 3. The first kappa shape index (κ1) is 10.5. The summed E-state index contributed by atoms with van der Waals surface area (Å²) in [5, 5.41) is 5.70. The summed E-state index contributed by atoms with van der Waals surface area (Å²) < 4.78 is 5.27. The number of benzene rings is 1. The highest BCUT2D eigenvalue weighted by Gasteiger charge is 2.16. The topological polar surface area (TPSA) is 34.1 Å². The van der Waals surface area contributed by atoms with E-state index in [1.807, 2.05) is 6.07 Å². The number of methoxy groups -OCH3 is 1. The van der Waals surface area contributed by atoms with E-state index in [1.165, 1.54) is 17.4 Å². The molecule has 0 bridgehead atoms. The Morgan fingerprint density at radius 3 is 3.06 bits per heavy atom. The molecule has 3 rings (SSSR count). The van der Waals surface area contributed by atoms with Gasteiger partial charge in [-0.1, -0.05) is 12.1 Å². The molecular weight excluding hydrogens is 212 g/mol. The van der Waals surface area contributed by atoms with Crippen molar-refractivity contribution in [1.82, 2.24) is 10.3 Å². The summed E-state index contributed by atoms with van der Waals surface area (Å²) in [5.41, 5.74) is 1.41. The third-order valence-corrected chi connectivity index (χ3v) is 3.48. The molecule has 0 amide bonds. The Bertz CT molecular complexity index is 533. The van der Waals surface area contributed by atoms with Gasteiger partial charge in [0, 0.05) is 18.1 Å². The summed E-state index contributed by atoms with van der Waals surface area (Å²) >= 11 is 0. The maximum Gasteiger partial charge on any atom is 0.221 e. The van der Waals surface area contributed by atoms with E-state index >= 15 is 0 Å². The Labute approximate surface area is 101 Å². The highest BCUT2D eigenvalue weighted by molar-refractivity contribution is 5.87. The number of fused-ring (bicyclic) bond motifs is 1. The molecule has 3 heteroatoms. The molecule has 1 aromatic heterocycles. The largest absolute Gasteiger partial charge is 0.481 e. The number of nitrogens with one attached hydrogen (secondary N) is 1. The summed E-state index contributed by atoms with van der Waals surface area (Å²) in [6, 6.07) is 8.62. The molecule has 0 radical (unpaired) electrons. The van der Waals surface area contributed by atoms with E-state index in [0.29, 0.717) is 11.8 Å². The SMILES string of the molecule is COc1nccc2cc(C3CCNC3)ccc12. The average Bonchev–Trinajstić information content (AvgIpc) is 2.91. The van der Waals surface area contributed by atoms with E-state index in [2.05, 4.69) is 28.5 Å². The summed E-state index contributed by atoms with van der Waals surface area (Å²) in [7, 11) is 1.66. The molecule has 1 saturated heterocycles. The van der Waals surface area contributed by atoms with Crippen LogP contribution in [0.2, 0.25) is 0 Å². The van der Waals surface area contributed by atoms with E-state index in [-0.39, 0.29) is 0 Å². The van der Waals surface area contributed by atoms with Gasteiger partial charge in [0.1, 0.15) is 0 Å². The van der Waals surface area contributed by atoms with Gasteiger partial charge in [0.15, 0.2) is 0 Å². The minimum absolute atomic E-state index is 0.651. The first-order valence-corrected chi connectivity index (χ1v) is 6.02. The summed E-state index contributed by atoms with van der Waals surface area (Å²) in [6.45, 7) is 2.22. The fourth-order valence-corrected chi connectivity index (χ4v) is 2.52. The third kappa shape index (κ3) is 1.87. The number of hydrogen-bond donors (Lipinski definition) is 1. The number of aromatic nitrogens is 1. The fraction of sp³-hybridized carbons (Fsp3) is 0.357. The van der Waals surface area contributed by atoms with Gasteiger partial charge in [0.05, 0.1) is 7.11 Å². The highest BCUT2D eigenvalue weighted by Crippen LogP contribution is 2.28. The summed E-state index contributed by atoms with van der Waals surface area (Å²) in [5.74, 6) is 1.36. The van der Waals surface area contributed by atoms with E-state index in [4.69, 9.17) is 4.74 Å². The van der Waals surface area contributed by atoms with Crippen LogP contribution in [0, 0.1) is 0 Å². The molecule has 88 valence electrons. The average molecular weight is 228 g/mol. The standard InChI is InChI=1S/C14H16N2O/c1-17-14-13-3-2-10(12-4-6-15-9-12)8-11(13)5-7-16-14/h2-3,5,7-8,12,15H,4,6,9H2,1H3. The van der Waals surface area contributed by atoms with Gasteiger partial charge in [-0.15, -0.1) is 0 Å². The van der Waals surface area contributed by atoms with Crippen molar-refractivity contribution < 1.29 is 4.74 Å². The van der Waals surface area contributed by atoms with Gasteiger partial charge >= 0.3 is 0 Å². The second kappa shape index (κ2) is 4.34. The molecule has 0 saturated carbocycles. The van der Waals surface area contributed by atoms with E-state index in [9.17, 15) is 0 Å². The second-order valence-corrected chi connectivity index (χ2v) is 4.49. The van der Waals surface area contributed by atoms with Crippen molar-refractivity contribution in [2.45, 2.75) is 12.3 Å². The molecule has 2 heterocycles. The zero-order valence-corrected chi connectivity index (χ0v) is 9.94. The van der Waals surface area contributed by atoms with Crippen LogP contribution in [0.1, 0.15) is 17.9 Å². The Kier molecular flexibility index (Phi) is 2.69. The van der Waals surface area contributed by atoms with E-state index in [1.54, 1.807) is 13.3 Å². The lowest BCUT2D eigenvalue weighted by Crippen LogP contribution is -2.07. The lowest BCUT2D eigenvalue weighted by Gasteiger charge is -2.11. The van der Waals surface area contributed by atoms with Crippen molar-refractivity contribution >= 4 is 10.8 Å². The van der Waals surface area contributed by atoms with Crippen LogP contribution >= 0.6 is 0 Å². The lowest BCUT2D eigenvalue weighted by atomic mass is 9.96. The molecule has 1 atom stereocenters. The predicted octanol–water partition coefficient (Wildman–Crippen LogP) is 2.32. The lowest BCUT2D eigenvalue weighted by molar-refractivity contribution is 0.403. The van der Waals surface area contributed by atoms with Crippen molar-refractivity contribution in [2.24, 2.45) is 0 Å². The van der Waals surface area contributed by atoms with Crippen LogP contribution in [-0.2, 0) is 0 Å². The molecule has 1 aliphatic rings. The smallest absolute Gasteiger partial charge is 0.221 e. The molecule has 2 aromatic rings. The van der Waals surface area contributed by atoms with Gasteiger partial charge in [0.25, 0.3) is 0 Å². The van der Waals surface area contributed by atoms with Crippen molar-refractivity contribution in [3.63, 3.8) is 0 Å². The Balaban J connectivity index is 2.07. The van der Waals surface area contributed by atoms with E-state index in [0.717, 1.165) is 18.5 Å². The number of pyridine rings is 1. The maximum atomic E-state index is 5.27. The van der Waals surface area contributed by atoms with Crippen LogP contribution in [0.3, 0.4) is 0 Å². The van der Waals surface area contributed by atoms with Gasteiger partial charge in [-0.3, -0.25) is 0 Å². The van der Waals surface area contributed by atoms with Crippen LogP contribution in [-0.4, -0.2) is 25.2 Å². The molecule has 1 aliphatic heterocycles. The molecule has 1 fully saturated rings. The molecular formula is C14H16N2O. The number of ether oxygens (including phenoxy) is 1. The number of rotatable bonds is 2. The first-order valence-electron chi connectivity index (χ1n) is 6.02. The minimum Gasteiger partial charge on any atom is -0.481 e. The van der Waals surface area contributed by atoms with Gasteiger partial charge in [0.2, 0.25) is 5.88 Å². The molecule has 0 spiro atoms. The van der Waals surface area contributed by atoms with Crippen LogP contribution in [0.15, 0.2) is 30.5 Å². The molecule has 17 heavy (non-hydrogen) atoms.